The molecule has 0 aliphatic carbocycles. The van der Waals surface area contributed by atoms with E-state index >= 15 is 0 Å². The molecule has 0 aromatic carbocycles. The SMILES string of the molecule is CCCCCCCCCCC(CCCCCCCC)COC(=O)O.[H-].[Li+]. The molecule has 0 saturated heterocycles. The Balaban J connectivity index is -0.00000264. The summed E-state index contributed by atoms with van der Waals surface area (Å²) in [7, 11) is 0. The Labute approximate surface area is 170 Å². The van der Waals surface area contributed by atoms with Crippen LogP contribution in [-0.4, -0.2) is 17.9 Å². The first-order valence-electron chi connectivity index (χ1n) is 10.6. The summed E-state index contributed by atoms with van der Waals surface area (Å²) in [6, 6.07) is 0. The summed E-state index contributed by atoms with van der Waals surface area (Å²) < 4.78 is 4.84. The van der Waals surface area contributed by atoms with Crippen LogP contribution >= 0.6 is 0 Å². The maximum atomic E-state index is 10.6. The smallest absolute Gasteiger partial charge is 1.00 e. The molecule has 0 aromatic heterocycles. The Morgan fingerprint density at radius 1 is 0.760 bits per heavy atom. The first-order chi connectivity index (χ1) is 11.7. The molecule has 0 aliphatic heterocycles. The van der Waals surface area contributed by atoms with Crippen LogP contribution in [0.3, 0.4) is 0 Å². The standard InChI is InChI=1S/C21H42O3.Li.H/c1-3-5-7-9-11-12-14-16-18-20(19-24-21(22)23)17-15-13-10-8-6-4-2;;/h20H,3-19H2,1-2H3,(H,22,23);;/q;+1;-1. The van der Waals surface area contributed by atoms with Crippen molar-refractivity contribution >= 4 is 6.16 Å². The predicted octanol–water partition coefficient (Wildman–Crippen LogP) is 4.70. The number of hydrogen-bond donors (Lipinski definition) is 1. The van der Waals surface area contributed by atoms with E-state index in [0.29, 0.717) is 12.5 Å². The second-order valence-corrected chi connectivity index (χ2v) is 7.26. The quantitative estimate of drug-likeness (QED) is 0.221. The van der Waals surface area contributed by atoms with E-state index in [1.54, 1.807) is 0 Å². The maximum Gasteiger partial charge on any atom is 1.00 e. The average molecular weight is 351 g/mol. The van der Waals surface area contributed by atoms with E-state index in [4.69, 9.17) is 9.84 Å². The summed E-state index contributed by atoms with van der Waals surface area (Å²) in [6.45, 7) is 4.88. The first kappa shape index (κ1) is 27.1. The van der Waals surface area contributed by atoms with Gasteiger partial charge in [-0.25, -0.2) is 4.79 Å². The van der Waals surface area contributed by atoms with Gasteiger partial charge in [-0.2, -0.15) is 0 Å². The summed E-state index contributed by atoms with van der Waals surface area (Å²) in [6.07, 6.45) is 19.5. The predicted molar refractivity (Wildman–Crippen MR) is 104 cm³/mol. The minimum absolute atomic E-state index is 0. The number of carboxylic acid groups (broad SMARTS) is 1. The zero-order chi connectivity index (χ0) is 17.9. The van der Waals surface area contributed by atoms with Gasteiger partial charge in [-0.3, -0.25) is 0 Å². The van der Waals surface area contributed by atoms with E-state index in [-0.39, 0.29) is 20.3 Å². The van der Waals surface area contributed by atoms with Crippen molar-refractivity contribution in [3.63, 3.8) is 0 Å². The van der Waals surface area contributed by atoms with Crippen molar-refractivity contribution < 1.29 is 34.9 Å². The molecule has 4 heteroatoms. The van der Waals surface area contributed by atoms with Crippen LogP contribution in [0.1, 0.15) is 118 Å². The fourth-order valence-electron chi connectivity index (χ4n) is 3.28. The molecule has 0 radical (unpaired) electrons. The molecule has 0 fully saturated rings. The summed E-state index contributed by atoms with van der Waals surface area (Å²) in [5.74, 6) is 0.423. The summed E-state index contributed by atoms with van der Waals surface area (Å²) in [5, 5.41) is 8.72. The third kappa shape index (κ3) is 21.8. The van der Waals surface area contributed by atoms with Gasteiger partial charge in [0, 0.05) is 0 Å². The Kier molecular flexibility index (Phi) is 23.7. The number of ether oxygens (including phenoxy) is 1. The molecule has 0 aliphatic rings. The van der Waals surface area contributed by atoms with Crippen LogP contribution in [0.5, 0.6) is 0 Å². The van der Waals surface area contributed by atoms with E-state index in [0.717, 1.165) is 12.8 Å². The number of carbonyl (C=O) groups is 1. The third-order valence-corrected chi connectivity index (χ3v) is 4.87. The van der Waals surface area contributed by atoms with E-state index in [2.05, 4.69) is 13.8 Å². The molecule has 3 nitrogen and oxygen atoms in total. The summed E-state index contributed by atoms with van der Waals surface area (Å²) >= 11 is 0. The van der Waals surface area contributed by atoms with Gasteiger partial charge < -0.3 is 11.3 Å². The largest absolute Gasteiger partial charge is 1.00 e. The number of rotatable bonds is 18. The molecule has 1 unspecified atom stereocenters. The molecule has 0 heterocycles. The summed E-state index contributed by atoms with van der Waals surface area (Å²) in [4.78, 5) is 10.6. The zero-order valence-electron chi connectivity index (χ0n) is 18.4. The van der Waals surface area contributed by atoms with E-state index in [1.807, 2.05) is 0 Å². The van der Waals surface area contributed by atoms with Crippen LogP contribution < -0.4 is 18.9 Å². The second kappa shape index (κ2) is 21.9. The molecule has 0 rings (SSSR count). The topological polar surface area (TPSA) is 46.5 Å². The zero-order valence-corrected chi connectivity index (χ0v) is 17.4. The van der Waals surface area contributed by atoms with Crippen molar-refractivity contribution in [2.75, 3.05) is 6.61 Å². The summed E-state index contributed by atoms with van der Waals surface area (Å²) in [5.41, 5.74) is 0. The van der Waals surface area contributed by atoms with E-state index < -0.39 is 6.16 Å². The molecule has 1 N–H and O–H groups in total. The van der Waals surface area contributed by atoms with Gasteiger partial charge in [-0.1, -0.05) is 104 Å². The molecular formula is C21H43LiO3. The van der Waals surface area contributed by atoms with Crippen LogP contribution in [-0.2, 0) is 4.74 Å². The van der Waals surface area contributed by atoms with E-state index in [9.17, 15) is 4.79 Å². The van der Waals surface area contributed by atoms with Gasteiger partial charge >= 0.3 is 25.0 Å². The molecule has 0 saturated carbocycles. The van der Waals surface area contributed by atoms with Crippen molar-refractivity contribution in [2.24, 2.45) is 5.92 Å². The normalized spacial score (nSPS) is 11.8. The number of unbranched alkanes of at least 4 members (excludes halogenated alkanes) is 12. The molecular weight excluding hydrogens is 307 g/mol. The van der Waals surface area contributed by atoms with E-state index in [1.165, 1.54) is 89.9 Å². The Bertz CT molecular complexity index is 278. The second-order valence-electron chi connectivity index (χ2n) is 7.26. The van der Waals surface area contributed by atoms with Crippen molar-refractivity contribution in [1.29, 1.82) is 0 Å². The monoisotopic (exact) mass is 350 g/mol. The van der Waals surface area contributed by atoms with Crippen LogP contribution in [0, 0.1) is 5.92 Å². The third-order valence-electron chi connectivity index (χ3n) is 4.87. The van der Waals surface area contributed by atoms with Crippen LogP contribution in [0.2, 0.25) is 0 Å². The average Bonchev–Trinajstić information content (AvgIpc) is 2.57. The van der Waals surface area contributed by atoms with Gasteiger partial charge in [0.15, 0.2) is 0 Å². The molecule has 0 spiro atoms. The minimum Gasteiger partial charge on any atom is -1.00 e. The molecule has 146 valence electrons. The minimum atomic E-state index is -1.13. The Morgan fingerprint density at radius 3 is 1.48 bits per heavy atom. The molecule has 1 atom stereocenters. The molecule has 0 amide bonds. The Morgan fingerprint density at radius 2 is 1.12 bits per heavy atom. The fraction of sp³-hybridized carbons (Fsp3) is 0.952. The van der Waals surface area contributed by atoms with Crippen LogP contribution in [0.15, 0.2) is 0 Å². The van der Waals surface area contributed by atoms with Crippen molar-refractivity contribution in [1.82, 2.24) is 0 Å². The van der Waals surface area contributed by atoms with Gasteiger partial charge in [0.2, 0.25) is 0 Å². The van der Waals surface area contributed by atoms with Gasteiger partial charge in [0.1, 0.15) is 0 Å². The molecule has 0 aromatic rings. The van der Waals surface area contributed by atoms with Gasteiger partial charge in [0.05, 0.1) is 6.61 Å². The van der Waals surface area contributed by atoms with Gasteiger partial charge in [0.25, 0.3) is 0 Å². The van der Waals surface area contributed by atoms with Gasteiger partial charge in [-0.15, -0.1) is 0 Å². The van der Waals surface area contributed by atoms with Gasteiger partial charge in [-0.05, 0) is 18.8 Å². The Hall–Kier alpha value is -0.133. The first-order valence-corrected chi connectivity index (χ1v) is 10.6. The molecule has 25 heavy (non-hydrogen) atoms. The molecule has 0 bridgehead atoms. The number of hydrogen-bond acceptors (Lipinski definition) is 2. The van der Waals surface area contributed by atoms with Crippen LogP contribution in [0.4, 0.5) is 4.79 Å². The van der Waals surface area contributed by atoms with Crippen molar-refractivity contribution in [3.8, 4) is 0 Å². The van der Waals surface area contributed by atoms with Crippen molar-refractivity contribution in [2.45, 2.75) is 117 Å². The maximum absolute atomic E-state index is 10.6. The fourth-order valence-corrected chi connectivity index (χ4v) is 3.28. The van der Waals surface area contributed by atoms with Crippen LogP contribution in [0.25, 0.3) is 0 Å². The van der Waals surface area contributed by atoms with Crippen molar-refractivity contribution in [3.05, 3.63) is 0 Å².